The van der Waals surface area contributed by atoms with Gasteiger partial charge in [0.2, 0.25) is 0 Å². The maximum atomic E-state index is 11.9. The van der Waals surface area contributed by atoms with Crippen LogP contribution in [0.3, 0.4) is 0 Å². The monoisotopic (exact) mass is 282 g/mol. The molecule has 0 aromatic carbocycles. The maximum absolute atomic E-state index is 11.9. The predicted molar refractivity (Wildman–Crippen MR) is 74.1 cm³/mol. The number of ether oxygens (including phenoxy) is 3. The van der Waals surface area contributed by atoms with Crippen LogP contribution in [0.2, 0.25) is 0 Å². The molecule has 2 aliphatic carbocycles. The normalized spacial score (nSPS) is 36.4. The largest absolute Gasteiger partial charge is 0.466 e. The van der Waals surface area contributed by atoms with Gasteiger partial charge in [0, 0.05) is 12.8 Å². The third-order valence-corrected chi connectivity index (χ3v) is 5.29. The van der Waals surface area contributed by atoms with E-state index in [-0.39, 0.29) is 23.1 Å². The molecule has 3 rings (SSSR count). The van der Waals surface area contributed by atoms with Crippen molar-refractivity contribution in [3.63, 3.8) is 0 Å². The summed E-state index contributed by atoms with van der Waals surface area (Å²) in [7, 11) is 0. The van der Waals surface area contributed by atoms with E-state index >= 15 is 0 Å². The fourth-order valence-corrected chi connectivity index (χ4v) is 4.09. The second-order valence-electron chi connectivity index (χ2n) is 6.54. The fourth-order valence-electron chi connectivity index (χ4n) is 4.09. The Morgan fingerprint density at radius 1 is 1.10 bits per heavy atom. The first kappa shape index (κ1) is 14.3. The van der Waals surface area contributed by atoms with Crippen LogP contribution in [0.5, 0.6) is 0 Å². The van der Waals surface area contributed by atoms with Crippen molar-refractivity contribution >= 4 is 5.97 Å². The lowest BCUT2D eigenvalue weighted by Gasteiger charge is -2.26. The van der Waals surface area contributed by atoms with E-state index in [2.05, 4.69) is 0 Å². The van der Waals surface area contributed by atoms with Gasteiger partial charge in [-0.3, -0.25) is 4.79 Å². The molecule has 0 bridgehead atoms. The highest BCUT2D eigenvalue weighted by molar-refractivity contribution is 5.76. The van der Waals surface area contributed by atoms with Crippen LogP contribution in [0, 0.1) is 11.3 Å². The highest BCUT2D eigenvalue weighted by Crippen LogP contribution is 2.60. The molecule has 3 fully saturated rings. The minimum absolute atomic E-state index is 0.0230. The van der Waals surface area contributed by atoms with Gasteiger partial charge in [0.25, 0.3) is 0 Å². The summed E-state index contributed by atoms with van der Waals surface area (Å²) in [5.41, 5.74) is 0.233. The summed E-state index contributed by atoms with van der Waals surface area (Å²) in [6, 6.07) is 0. The summed E-state index contributed by atoms with van der Waals surface area (Å²) in [6.07, 6.45) is 8.69. The molecule has 114 valence electrons. The van der Waals surface area contributed by atoms with Gasteiger partial charge in [0.05, 0.1) is 25.7 Å². The molecule has 20 heavy (non-hydrogen) atoms. The van der Waals surface area contributed by atoms with Crippen molar-refractivity contribution in [1.82, 2.24) is 0 Å². The molecule has 1 heterocycles. The molecule has 4 nitrogen and oxygen atoms in total. The Balaban J connectivity index is 1.59. The van der Waals surface area contributed by atoms with Gasteiger partial charge < -0.3 is 14.2 Å². The van der Waals surface area contributed by atoms with E-state index in [1.54, 1.807) is 0 Å². The van der Waals surface area contributed by atoms with E-state index in [9.17, 15) is 4.79 Å². The van der Waals surface area contributed by atoms with Crippen molar-refractivity contribution in [2.75, 3.05) is 19.8 Å². The van der Waals surface area contributed by atoms with Gasteiger partial charge in [0.1, 0.15) is 0 Å². The van der Waals surface area contributed by atoms with Crippen LogP contribution in [0.4, 0.5) is 0 Å². The van der Waals surface area contributed by atoms with Gasteiger partial charge in [-0.05, 0) is 44.4 Å². The zero-order valence-corrected chi connectivity index (χ0v) is 12.5. The SMILES string of the molecule is CCOC(=O)C1CC12CCCCC1(CCC2)OCCO1. The molecule has 2 spiro atoms. The van der Waals surface area contributed by atoms with Crippen LogP contribution in [-0.2, 0) is 19.0 Å². The molecule has 1 aliphatic heterocycles. The zero-order chi connectivity index (χ0) is 14.1. The van der Waals surface area contributed by atoms with Crippen LogP contribution in [-0.4, -0.2) is 31.6 Å². The van der Waals surface area contributed by atoms with Crippen molar-refractivity contribution in [1.29, 1.82) is 0 Å². The molecule has 0 radical (unpaired) electrons. The Kier molecular flexibility index (Phi) is 4.04. The second-order valence-corrected chi connectivity index (χ2v) is 6.54. The zero-order valence-electron chi connectivity index (χ0n) is 12.5. The summed E-state index contributed by atoms with van der Waals surface area (Å²) in [5, 5.41) is 0. The van der Waals surface area contributed by atoms with E-state index in [0.29, 0.717) is 6.61 Å². The summed E-state index contributed by atoms with van der Waals surface area (Å²) < 4.78 is 16.9. The van der Waals surface area contributed by atoms with Crippen molar-refractivity contribution < 1.29 is 19.0 Å². The van der Waals surface area contributed by atoms with Crippen molar-refractivity contribution in [3.8, 4) is 0 Å². The molecule has 2 saturated carbocycles. The van der Waals surface area contributed by atoms with Gasteiger partial charge in [0.15, 0.2) is 5.79 Å². The number of hydrogen-bond donors (Lipinski definition) is 0. The lowest BCUT2D eigenvalue weighted by atomic mass is 9.91. The third-order valence-electron chi connectivity index (χ3n) is 5.29. The highest BCUT2D eigenvalue weighted by Gasteiger charge is 2.58. The van der Waals surface area contributed by atoms with Gasteiger partial charge in [-0.2, -0.15) is 0 Å². The highest BCUT2D eigenvalue weighted by atomic mass is 16.7. The first-order chi connectivity index (χ1) is 9.70. The Morgan fingerprint density at radius 2 is 1.75 bits per heavy atom. The Bertz CT molecular complexity index is 361. The van der Waals surface area contributed by atoms with Gasteiger partial charge in [-0.25, -0.2) is 0 Å². The van der Waals surface area contributed by atoms with Gasteiger partial charge in [-0.1, -0.05) is 6.42 Å². The van der Waals surface area contributed by atoms with Crippen LogP contribution in [0.25, 0.3) is 0 Å². The Morgan fingerprint density at radius 3 is 2.50 bits per heavy atom. The lowest BCUT2D eigenvalue weighted by Crippen LogP contribution is -2.29. The molecule has 3 aliphatic rings. The van der Waals surface area contributed by atoms with Crippen LogP contribution >= 0.6 is 0 Å². The minimum atomic E-state index is -0.306. The molecule has 0 aromatic rings. The predicted octanol–water partition coefficient (Wildman–Crippen LogP) is 3.04. The Labute approximate surface area is 121 Å². The molecule has 1 saturated heterocycles. The maximum Gasteiger partial charge on any atom is 0.309 e. The number of rotatable bonds is 2. The average molecular weight is 282 g/mol. The molecular weight excluding hydrogens is 256 g/mol. The standard InChI is InChI=1S/C16H26O4/c1-2-18-14(17)13-12-15(13)6-3-4-8-16(9-5-7-15)19-10-11-20-16/h13H,2-12H2,1H3. The van der Waals surface area contributed by atoms with E-state index in [4.69, 9.17) is 14.2 Å². The number of carbonyl (C=O) groups is 1. The van der Waals surface area contributed by atoms with Crippen LogP contribution < -0.4 is 0 Å². The van der Waals surface area contributed by atoms with Crippen LogP contribution in [0.1, 0.15) is 58.3 Å². The van der Waals surface area contributed by atoms with Crippen molar-refractivity contribution in [3.05, 3.63) is 0 Å². The first-order valence-electron chi connectivity index (χ1n) is 8.14. The topological polar surface area (TPSA) is 44.8 Å². The first-order valence-corrected chi connectivity index (χ1v) is 8.14. The van der Waals surface area contributed by atoms with E-state index in [1.807, 2.05) is 6.92 Å². The summed E-state index contributed by atoms with van der Waals surface area (Å²) >= 11 is 0. The number of hydrogen-bond acceptors (Lipinski definition) is 4. The molecule has 0 aromatic heterocycles. The second kappa shape index (κ2) is 5.64. The van der Waals surface area contributed by atoms with Crippen molar-refractivity contribution in [2.24, 2.45) is 11.3 Å². The minimum Gasteiger partial charge on any atom is -0.466 e. The van der Waals surface area contributed by atoms with E-state index in [0.717, 1.165) is 58.2 Å². The fraction of sp³-hybridized carbons (Fsp3) is 0.938. The molecular formula is C16H26O4. The van der Waals surface area contributed by atoms with E-state index < -0.39 is 0 Å². The van der Waals surface area contributed by atoms with Crippen molar-refractivity contribution in [2.45, 2.75) is 64.1 Å². The quantitative estimate of drug-likeness (QED) is 0.730. The molecule has 2 atom stereocenters. The average Bonchev–Trinajstić information content (AvgIpc) is 2.92. The third kappa shape index (κ3) is 2.73. The molecule has 2 unspecified atom stereocenters. The summed E-state index contributed by atoms with van der Waals surface area (Å²) in [5.74, 6) is -0.128. The van der Waals surface area contributed by atoms with E-state index in [1.165, 1.54) is 6.42 Å². The Hall–Kier alpha value is -0.610. The van der Waals surface area contributed by atoms with Gasteiger partial charge in [-0.15, -0.1) is 0 Å². The molecule has 0 amide bonds. The van der Waals surface area contributed by atoms with Gasteiger partial charge >= 0.3 is 5.97 Å². The molecule has 4 heteroatoms. The number of esters is 1. The van der Waals surface area contributed by atoms with Crippen LogP contribution in [0.15, 0.2) is 0 Å². The lowest BCUT2D eigenvalue weighted by molar-refractivity contribution is -0.168. The summed E-state index contributed by atoms with van der Waals surface area (Å²) in [6.45, 7) is 3.85. The summed E-state index contributed by atoms with van der Waals surface area (Å²) in [4.78, 5) is 11.9. The smallest absolute Gasteiger partial charge is 0.309 e. The molecule has 0 N–H and O–H groups in total. The number of carbonyl (C=O) groups excluding carboxylic acids is 1.